The molecule has 1 aromatic heterocycles. The van der Waals surface area contributed by atoms with Gasteiger partial charge < -0.3 is 14.0 Å². The molecule has 0 spiro atoms. The molecule has 0 saturated carbocycles. The minimum Gasteiger partial charge on any atom is -0.379 e. The van der Waals surface area contributed by atoms with E-state index in [2.05, 4.69) is 51.4 Å². The van der Waals surface area contributed by atoms with E-state index in [0.29, 0.717) is 31.0 Å². The first-order valence-electron chi connectivity index (χ1n) is 10.6. The van der Waals surface area contributed by atoms with Crippen LogP contribution in [0.25, 0.3) is 22.5 Å². The second kappa shape index (κ2) is 9.98. The van der Waals surface area contributed by atoms with Gasteiger partial charge in [0.05, 0.1) is 19.3 Å². The van der Waals surface area contributed by atoms with Crippen molar-refractivity contribution in [1.29, 1.82) is 0 Å². The number of rotatable bonds is 9. The van der Waals surface area contributed by atoms with Gasteiger partial charge in [-0.05, 0) is 30.0 Å². The molecule has 1 aliphatic rings. The van der Waals surface area contributed by atoms with Crippen LogP contribution in [0, 0.1) is 6.92 Å². The van der Waals surface area contributed by atoms with E-state index in [1.54, 1.807) is 6.92 Å². The molecule has 6 heteroatoms. The fourth-order valence-electron chi connectivity index (χ4n) is 3.78. The molecule has 1 aliphatic heterocycles. The molecular formula is C24H29N3O3. The van der Waals surface area contributed by atoms with Crippen LogP contribution in [0.3, 0.4) is 0 Å². The van der Waals surface area contributed by atoms with Gasteiger partial charge in [0.2, 0.25) is 11.7 Å². The third-order valence-corrected chi connectivity index (χ3v) is 5.38. The van der Waals surface area contributed by atoms with Crippen LogP contribution in [0.4, 0.5) is 0 Å². The summed E-state index contributed by atoms with van der Waals surface area (Å²) in [5.41, 5.74) is 4.66. The summed E-state index contributed by atoms with van der Waals surface area (Å²) < 4.78 is 16.3. The van der Waals surface area contributed by atoms with Gasteiger partial charge in [-0.2, -0.15) is 4.98 Å². The van der Waals surface area contributed by atoms with Gasteiger partial charge in [-0.25, -0.2) is 0 Å². The van der Waals surface area contributed by atoms with Crippen molar-refractivity contribution >= 4 is 0 Å². The third kappa shape index (κ3) is 5.33. The van der Waals surface area contributed by atoms with Crippen LogP contribution in [-0.4, -0.2) is 54.1 Å². The maximum atomic E-state index is 5.91. The Morgan fingerprint density at radius 1 is 1.00 bits per heavy atom. The molecule has 3 aromatic rings. The molecule has 1 fully saturated rings. The van der Waals surface area contributed by atoms with E-state index in [1.807, 2.05) is 19.1 Å². The molecule has 158 valence electrons. The summed E-state index contributed by atoms with van der Waals surface area (Å²) in [5, 5.41) is 3.97. The Hall–Kier alpha value is -2.54. The molecule has 6 nitrogen and oxygen atoms in total. The van der Waals surface area contributed by atoms with Gasteiger partial charge in [-0.1, -0.05) is 53.7 Å². The monoisotopic (exact) mass is 407 g/mol. The zero-order valence-electron chi connectivity index (χ0n) is 17.7. The summed E-state index contributed by atoms with van der Waals surface area (Å²) in [5.74, 6) is 1.20. The lowest BCUT2D eigenvalue weighted by Gasteiger charge is -2.16. The van der Waals surface area contributed by atoms with Gasteiger partial charge in [0.25, 0.3) is 0 Å². The molecular weight excluding hydrogens is 378 g/mol. The molecule has 1 saturated heterocycles. The quantitative estimate of drug-likeness (QED) is 0.492. The van der Waals surface area contributed by atoms with Crippen molar-refractivity contribution in [3.63, 3.8) is 0 Å². The minimum atomic E-state index is 0.325. The first-order chi connectivity index (χ1) is 14.7. The molecule has 2 aromatic carbocycles. The lowest BCUT2D eigenvalue weighted by Crippen LogP contribution is -2.24. The van der Waals surface area contributed by atoms with Crippen molar-refractivity contribution in [2.45, 2.75) is 32.9 Å². The Labute approximate surface area is 177 Å². The topological polar surface area (TPSA) is 60.6 Å². The number of hydrogen-bond acceptors (Lipinski definition) is 6. The number of hydrogen-bond donors (Lipinski definition) is 0. The predicted octanol–water partition coefficient (Wildman–Crippen LogP) is 4.34. The van der Waals surface area contributed by atoms with Crippen LogP contribution in [0.1, 0.15) is 24.8 Å². The molecule has 0 aliphatic carbocycles. The van der Waals surface area contributed by atoms with E-state index in [-0.39, 0.29) is 0 Å². The fourth-order valence-corrected chi connectivity index (χ4v) is 3.78. The van der Waals surface area contributed by atoms with Crippen LogP contribution in [0.2, 0.25) is 0 Å². The summed E-state index contributed by atoms with van der Waals surface area (Å²) in [6.07, 6.45) is 1.42. The van der Waals surface area contributed by atoms with Gasteiger partial charge in [0.1, 0.15) is 0 Å². The zero-order valence-corrected chi connectivity index (χ0v) is 17.7. The number of aryl methyl sites for hydroxylation is 1. The Morgan fingerprint density at radius 2 is 1.70 bits per heavy atom. The summed E-state index contributed by atoms with van der Waals surface area (Å²) in [6, 6.07) is 17.1. The molecule has 0 amide bonds. The van der Waals surface area contributed by atoms with Crippen LogP contribution in [0.5, 0.6) is 0 Å². The zero-order chi connectivity index (χ0) is 20.8. The normalized spacial score (nSPS) is 16.9. The lowest BCUT2D eigenvalue weighted by atomic mass is 10.0. The van der Waals surface area contributed by atoms with E-state index < -0.39 is 0 Å². The van der Waals surface area contributed by atoms with Gasteiger partial charge in [-0.15, -0.1) is 0 Å². The molecule has 0 bridgehead atoms. The summed E-state index contributed by atoms with van der Waals surface area (Å²) >= 11 is 0. The number of nitrogens with zero attached hydrogens (tertiary/aromatic N) is 3. The second-order valence-corrected chi connectivity index (χ2v) is 7.62. The number of aromatic nitrogens is 2. The molecule has 30 heavy (non-hydrogen) atoms. The first kappa shape index (κ1) is 20.7. The molecule has 0 unspecified atom stereocenters. The Balaban J connectivity index is 1.30. The van der Waals surface area contributed by atoms with Crippen molar-refractivity contribution in [2.75, 3.05) is 32.9 Å². The molecule has 0 N–H and O–H groups in total. The van der Waals surface area contributed by atoms with Crippen molar-refractivity contribution in [3.05, 3.63) is 60.0 Å². The molecule has 0 radical (unpaired) electrons. The standard InChI is InChI=1S/C24H29N3O3/c1-3-28-14-15-29-23-12-13-27(17-23)16-19-4-6-20(7-5-19)21-8-10-22(11-9-21)24-25-18(2)30-26-24/h4-11,23H,3,12-17H2,1-2H3/t23-/m0/s1. The Morgan fingerprint density at radius 3 is 2.37 bits per heavy atom. The van der Waals surface area contributed by atoms with E-state index in [0.717, 1.165) is 38.2 Å². The highest BCUT2D eigenvalue weighted by molar-refractivity contribution is 5.67. The van der Waals surface area contributed by atoms with Gasteiger partial charge >= 0.3 is 0 Å². The Kier molecular flexibility index (Phi) is 6.89. The predicted molar refractivity (Wildman–Crippen MR) is 116 cm³/mol. The second-order valence-electron chi connectivity index (χ2n) is 7.62. The van der Waals surface area contributed by atoms with Gasteiger partial charge in [0.15, 0.2) is 0 Å². The number of ether oxygens (including phenoxy) is 2. The van der Waals surface area contributed by atoms with E-state index in [1.165, 1.54) is 16.7 Å². The van der Waals surface area contributed by atoms with Crippen LogP contribution >= 0.6 is 0 Å². The average molecular weight is 408 g/mol. The van der Waals surface area contributed by atoms with E-state index in [4.69, 9.17) is 14.0 Å². The highest BCUT2D eigenvalue weighted by atomic mass is 16.5. The molecule has 1 atom stereocenters. The average Bonchev–Trinajstić information content (AvgIpc) is 3.41. The number of benzene rings is 2. The maximum Gasteiger partial charge on any atom is 0.223 e. The van der Waals surface area contributed by atoms with Crippen LogP contribution < -0.4 is 0 Å². The third-order valence-electron chi connectivity index (χ3n) is 5.38. The summed E-state index contributed by atoms with van der Waals surface area (Å²) in [6.45, 7) is 8.96. The summed E-state index contributed by atoms with van der Waals surface area (Å²) in [7, 11) is 0. The van der Waals surface area contributed by atoms with Crippen LogP contribution in [0.15, 0.2) is 53.1 Å². The minimum absolute atomic E-state index is 0.325. The lowest BCUT2D eigenvalue weighted by molar-refractivity contribution is 0.0117. The van der Waals surface area contributed by atoms with E-state index >= 15 is 0 Å². The summed E-state index contributed by atoms with van der Waals surface area (Å²) in [4.78, 5) is 6.74. The number of likely N-dealkylation sites (tertiary alicyclic amines) is 1. The van der Waals surface area contributed by atoms with Crippen molar-refractivity contribution in [1.82, 2.24) is 15.0 Å². The highest BCUT2D eigenvalue weighted by Crippen LogP contribution is 2.24. The molecule has 2 heterocycles. The fraction of sp³-hybridized carbons (Fsp3) is 0.417. The van der Waals surface area contributed by atoms with Crippen LogP contribution in [-0.2, 0) is 16.0 Å². The van der Waals surface area contributed by atoms with Crippen molar-refractivity contribution in [3.8, 4) is 22.5 Å². The highest BCUT2D eigenvalue weighted by Gasteiger charge is 2.22. The van der Waals surface area contributed by atoms with Crippen molar-refractivity contribution < 1.29 is 14.0 Å². The van der Waals surface area contributed by atoms with Crippen molar-refractivity contribution in [2.24, 2.45) is 0 Å². The molecule has 4 rings (SSSR count). The van der Waals surface area contributed by atoms with Gasteiger partial charge in [-0.3, -0.25) is 4.90 Å². The van der Waals surface area contributed by atoms with E-state index in [9.17, 15) is 0 Å². The smallest absolute Gasteiger partial charge is 0.223 e. The first-order valence-corrected chi connectivity index (χ1v) is 10.6. The van der Waals surface area contributed by atoms with Gasteiger partial charge in [0, 0.05) is 38.7 Å². The SMILES string of the molecule is CCOCCO[C@H]1CCN(Cc2ccc(-c3ccc(-c4noc(C)n4)cc3)cc2)C1. The maximum absolute atomic E-state index is 5.91. The largest absolute Gasteiger partial charge is 0.379 e. The Bertz CT molecular complexity index is 922.